The molecule has 248 valence electrons. The number of carbonyl (C=O) groups excluding carboxylic acids is 2. The van der Waals surface area contributed by atoms with Gasteiger partial charge in [-0.1, -0.05) is 30.3 Å². The van der Waals surface area contributed by atoms with E-state index in [0.717, 1.165) is 11.6 Å². The fraction of sp³-hybridized carbons (Fsp3) is 0.257. The Morgan fingerprint density at radius 3 is 2.48 bits per heavy atom. The number of halogens is 3. The fourth-order valence-corrected chi connectivity index (χ4v) is 5.82. The molecule has 0 saturated carbocycles. The summed E-state index contributed by atoms with van der Waals surface area (Å²) in [6.07, 6.45) is -3.21. The lowest BCUT2D eigenvalue weighted by atomic mass is 9.82. The van der Waals surface area contributed by atoms with Crippen molar-refractivity contribution >= 4 is 46.0 Å². The topological polar surface area (TPSA) is 111 Å². The maximum absolute atomic E-state index is 14.6. The zero-order valence-electron chi connectivity index (χ0n) is 26.7. The number of anilines is 4. The van der Waals surface area contributed by atoms with Crippen molar-refractivity contribution in [1.29, 1.82) is 0 Å². The highest BCUT2D eigenvalue weighted by molar-refractivity contribution is 6.08. The Hall–Kier alpha value is -5.43. The van der Waals surface area contributed by atoms with Crippen molar-refractivity contribution in [2.45, 2.75) is 39.0 Å². The summed E-state index contributed by atoms with van der Waals surface area (Å²) in [5, 5.41) is 5.65. The van der Waals surface area contributed by atoms with Gasteiger partial charge in [0.25, 0.3) is 0 Å². The highest BCUT2D eigenvalue weighted by atomic mass is 19.4. The number of carbonyl (C=O) groups is 2. The predicted octanol–water partition coefficient (Wildman–Crippen LogP) is 7.32. The average molecular weight is 659 g/mol. The summed E-state index contributed by atoms with van der Waals surface area (Å²) in [7, 11) is 1.73. The number of nitrogens with zero attached hydrogens (tertiary/aromatic N) is 4. The van der Waals surface area contributed by atoms with Gasteiger partial charge in [-0.15, -0.1) is 0 Å². The van der Waals surface area contributed by atoms with Crippen LogP contribution in [0.4, 0.5) is 36.3 Å². The van der Waals surface area contributed by atoms with E-state index >= 15 is 0 Å². The van der Waals surface area contributed by atoms with Crippen LogP contribution in [0.3, 0.4) is 0 Å². The first-order valence-electron chi connectivity index (χ1n) is 15.2. The number of ether oxygens (including phenoxy) is 2. The van der Waals surface area contributed by atoms with Crippen LogP contribution in [0.2, 0.25) is 0 Å². The second-order valence-electron chi connectivity index (χ2n) is 12.0. The quantitative estimate of drug-likeness (QED) is 0.151. The van der Waals surface area contributed by atoms with Gasteiger partial charge in [-0.05, 0) is 49.7 Å². The third-order valence-corrected chi connectivity index (χ3v) is 8.07. The number of imidazole rings is 1. The molecule has 0 atom stereocenters. The van der Waals surface area contributed by atoms with Gasteiger partial charge in [0.2, 0.25) is 17.8 Å². The van der Waals surface area contributed by atoms with Crippen molar-refractivity contribution < 1.29 is 32.2 Å². The number of amides is 2. The van der Waals surface area contributed by atoms with Gasteiger partial charge in [-0.2, -0.15) is 13.2 Å². The van der Waals surface area contributed by atoms with Gasteiger partial charge in [-0.3, -0.25) is 9.59 Å². The van der Waals surface area contributed by atoms with Crippen molar-refractivity contribution in [1.82, 2.24) is 14.5 Å². The Balaban J connectivity index is 1.28. The third kappa shape index (κ3) is 6.54. The van der Waals surface area contributed by atoms with Gasteiger partial charge in [0, 0.05) is 50.1 Å². The molecule has 1 aliphatic rings. The van der Waals surface area contributed by atoms with Crippen LogP contribution in [0.15, 0.2) is 79.0 Å². The number of pyridine rings is 1. The number of benzene rings is 3. The number of alkyl halides is 3. The van der Waals surface area contributed by atoms with Crippen molar-refractivity contribution in [2.75, 3.05) is 28.7 Å². The minimum Gasteiger partial charge on any atom is -0.457 e. The normalized spacial score (nSPS) is 13.9. The van der Waals surface area contributed by atoms with E-state index in [1.807, 2.05) is 30.3 Å². The molecule has 2 aromatic heterocycles. The van der Waals surface area contributed by atoms with E-state index < -0.39 is 23.1 Å². The van der Waals surface area contributed by atoms with Crippen LogP contribution < -0.4 is 20.3 Å². The predicted molar refractivity (Wildman–Crippen MR) is 176 cm³/mol. The first kappa shape index (κ1) is 32.5. The van der Waals surface area contributed by atoms with Crippen LogP contribution in [0.5, 0.6) is 11.5 Å². The van der Waals surface area contributed by atoms with Crippen molar-refractivity contribution in [3.05, 3.63) is 95.7 Å². The summed E-state index contributed by atoms with van der Waals surface area (Å²) >= 11 is 0. The molecule has 13 heteroatoms. The maximum Gasteiger partial charge on any atom is 0.416 e. The molecule has 2 N–H and O–H groups in total. The van der Waals surface area contributed by atoms with E-state index in [-0.39, 0.29) is 41.9 Å². The Kier molecular flexibility index (Phi) is 8.56. The van der Waals surface area contributed by atoms with Crippen molar-refractivity contribution in [3.8, 4) is 11.5 Å². The first-order valence-corrected chi connectivity index (χ1v) is 15.2. The minimum atomic E-state index is -4.72. The Morgan fingerprint density at radius 1 is 1.00 bits per heavy atom. The third-order valence-electron chi connectivity index (χ3n) is 8.07. The van der Waals surface area contributed by atoms with E-state index in [0.29, 0.717) is 35.0 Å². The number of aryl methyl sites for hydroxylation is 1. The molecule has 48 heavy (non-hydrogen) atoms. The summed E-state index contributed by atoms with van der Waals surface area (Å²) in [6, 6.07) is 20.5. The zero-order valence-corrected chi connectivity index (χ0v) is 26.7. The number of hydrogen-bond donors (Lipinski definition) is 2. The van der Waals surface area contributed by atoms with Crippen LogP contribution in [0.1, 0.15) is 37.5 Å². The Morgan fingerprint density at radius 2 is 1.75 bits per heavy atom. The molecule has 0 bridgehead atoms. The van der Waals surface area contributed by atoms with Gasteiger partial charge in [0.1, 0.15) is 17.3 Å². The lowest BCUT2D eigenvalue weighted by Crippen LogP contribution is -2.38. The van der Waals surface area contributed by atoms with Crippen LogP contribution in [-0.4, -0.2) is 39.5 Å². The molecule has 3 aromatic carbocycles. The lowest BCUT2D eigenvalue weighted by molar-refractivity contribution is -0.138. The molecule has 0 aliphatic carbocycles. The van der Waals surface area contributed by atoms with Crippen LogP contribution in [0, 0.1) is 0 Å². The number of hydrogen-bond acceptors (Lipinski definition) is 7. The number of nitrogens with one attached hydrogen (secondary N) is 2. The molecule has 10 nitrogen and oxygen atoms in total. The number of fused-ring (bicyclic) bond motifs is 2. The van der Waals surface area contributed by atoms with Crippen LogP contribution in [0.25, 0.3) is 11.0 Å². The second-order valence-corrected chi connectivity index (χ2v) is 12.0. The molecule has 1 aliphatic heterocycles. The number of aromatic nitrogens is 3. The van der Waals surface area contributed by atoms with Gasteiger partial charge in [-0.25, -0.2) is 9.97 Å². The molecule has 0 radical (unpaired) electrons. The van der Waals surface area contributed by atoms with Gasteiger partial charge >= 0.3 is 6.18 Å². The first-order chi connectivity index (χ1) is 22.8. The van der Waals surface area contributed by atoms with Gasteiger partial charge in [0.05, 0.1) is 40.9 Å². The van der Waals surface area contributed by atoms with Crippen molar-refractivity contribution in [2.24, 2.45) is 7.05 Å². The number of rotatable bonds is 10. The molecule has 3 heterocycles. The molecule has 0 fully saturated rings. The molecular weight excluding hydrogens is 625 g/mol. The summed E-state index contributed by atoms with van der Waals surface area (Å²) in [4.78, 5) is 35.0. The summed E-state index contributed by atoms with van der Waals surface area (Å²) in [5.41, 5.74) is 0.117. The Labute approximate surface area is 274 Å². The summed E-state index contributed by atoms with van der Waals surface area (Å²) < 4.78 is 57.2. The Bertz CT molecular complexity index is 2010. The second kappa shape index (κ2) is 12.6. The summed E-state index contributed by atoms with van der Waals surface area (Å²) in [6.45, 7) is 4.94. The largest absolute Gasteiger partial charge is 0.457 e. The molecule has 0 saturated heterocycles. The maximum atomic E-state index is 14.6. The van der Waals surface area contributed by atoms with Crippen LogP contribution >= 0.6 is 0 Å². The minimum absolute atomic E-state index is 0.0711. The van der Waals surface area contributed by atoms with E-state index in [9.17, 15) is 22.8 Å². The molecule has 0 spiro atoms. The van der Waals surface area contributed by atoms with E-state index in [4.69, 9.17) is 9.47 Å². The van der Waals surface area contributed by atoms with E-state index in [2.05, 4.69) is 20.6 Å². The highest BCUT2D eigenvalue weighted by Crippen LogP contribution is 2.49. The monoisotopic (exact) mass is 658 g/mol. The van der Waals surface area contributed by atoms with Gasteiger partial charge < -0.3 is 29.6 Å². The highest BCUT2D eigenvalue weighted by Gasteiger charge is 2.50. The smallest absolute Gasteiger partial charge is 0.416 e. The molecular formula is C35H33F3N6O4. The standard InChI is InChI=1S/C35H33F3N6O4/c1-21(45)40-30-19-25(12-13-39-30)48-24-10-11-27-28(18-24)43(4)33(42-27)41-23-16-26(35(36,37)38)31-29(17-23)44(32(46)34(31,2)3)14-15-47-20-22-8-6-5-7-9-22/h5-13,16-19H,14-15,20H2,1-4H3,(H,41,42)(H,39,40,45). The van der Waals surface area contributed by atoms with E-state index in [1.165, 1.54) is 31.9 Å². The lowest BCUT2D eigenvalue weighted by Gasteiger charge is -2.21. The molecule has 0 unspecified atom stereocenters. The zero-order chi connectivity index (χ0) is 34.2. The SMILES string of the molecule is CC(=O)Nc1cc(Oc2ccc3nc(Nc4cc5c(c(C(F)(F)F)c4)C(C)(C)C(=O)N5CCOCc4ccccc4)n(C)c3c2)ccn1. The van der Waals surface area contributed by atoms with Gasteiger partial charge in [0.15, 0.2) is 0 Å². The van der Waals surface area contributed by atoms with Crippen molar-refractivity contribution in [3.63, 3.8) is 0 Å². The van der Waals surface area contributed by atoms with E-state index in [1.54, 1.807) is 48.0 Å². The molecule has 6 rings (SSSR count). The molecule has 5 aromatic rings. The van der Waals surface area contributed by atoms with Crippen LogP contribution in [-0.2, 0) is 39.6 Å². The molecule has 2 amide bonds. The fourth-order valence-electron chi connectivity index (χ4n) is 5.82. The summed E-state index contributed by atoms with van der Waals surface area (Å²) in [5.74, 6) is 0.839. The average Bonchev–Trinajstić information content (AvgIpc) is 3.43.